The first kappa shape index (κ1) is 10.8. The molecule has 0 bridgehead atoms. The van der Waals surface area contributed by atoms with Gasteiger partial charge in [-0.2, -0.15) is 0 Å². The maximum atomic E-state index is 11.2. The van der Waals surface area contributed by atoms with Crippen LogP contribution in [0.4, 0.5) is 0 Å². The Bertz CT molecular complexity index is 486. The molecule has 0 radical (unpaired) electrons. The van der Waals surface area contributed by atoms with E-state index in [-0.39, 0.29) is 18.0 Å². The molecule has 1 rings (SSSR count). The van der Waals surface area contributed by atoms with Gasteiger partial charge in [-0.15, -0.1) is 0 Å². The second kappa shape index (κ2) is 3.83. The average molecular weight is 261 g/mol. The van der Waals surface area contributed by atoms with Gasteiger partial charge in [0.15, 0.2) is 0 Å². The third kappa shape index (κ3) is 1.95. The molecule has 0 aromatic carbocycles. The molecule has 76 valence electrons. The lowest BCUT2D eigenvalue weighted by Gasteiger charge is -2.07. The van der Waals surface area contributed by atoms with Crippen LogP contribution in [0.3, 0.4) is 0 Å². The second-order valence-electron chi connectivity index (χ2n) is 2.81. The maximum Gasteiger partial charge on any atom is 0.331 e. The number of nitrogens with one attached hydrogen (secondary N) is 1. The number of rotatable bonds is 2. The molecule has 0 aliphatic rings. The van der Waals surface area contributed by atoms with E-state index < -0.39 is 11.2 Å². The first-order valence-corrected chi connectivity index (χ1v) is 4.58. The molecular weight excluding hydrogens is 252 g/mol. The van der Waals surface area contributed by atoms with Crippen LogP contribution in [-0.4, -0.2) is 14.7 Å². The molecule has 0 aliphatic carbocycles. The summed E-state index contributed by atoms with van der Waals surface area (Å²) in [5, 5.41) is 9.49. The maximum absolute atomic E-state index is 11.2. The summed E-state index contributed by atoms with van der Waals surface area (Å²) in [7, 11) is 0. The van der Waals surface area contributed by atoms with Crippen molar-refractivity contribution in [1.29, 1.82) is 0 Å². The number of H-pyrrole nitrogens is 1. The molecule has 5 nitrogen and oxygen atoms in total. The van der Waals surface area contributed by atoms with Crippen LogP contribution in [0.5, 0.6) is 5.88 Å². The molecule has 2 N–H and O–H groups in total. The molecule has 0 atom stereocenters. The lowest BCUT2D eigenvalue weighted by molar-refractivity contribution is 0.405. The summed E-state index contributed by atoms with van der Waals surface area (Å²) in [5.41, 5.74) is -1.12. The van der Waals surface area contributed by atoms with Crippen LogP contribution in [0.15, 0.2) is 20.7 Å². The van der Waals surface area contributed by atoms with Gasteiger partial charge in [0.05, 0.1) is 12.1 Å². The fourth-order valence-electron chi connectivity index (χ4n) is 0.977. The molecule has 1 aromatic rings. The molecule has 0 amide bonds. The van der Waals surface area contributed by atoms with E-state index in [1.54, 1.807) is 0 Å². The summed E-state index contributed by atoms with van der Waals surface area (Å²) in [6.45, 7) is 5.08. The van der Waals surface area contributed by atoms with E-state index in [9.17, 15) is 14.7 Å². The summed E-state index contributed by atoms with van der Waals surface area (Å²) in [5.74, 6) is -0.334. The molecule has 1 aromatic heterocycles. The minimum Gasteiger partial charge on any atom is -0.494 e. The van der Waals surface area contributed by atoms with Gasteiger partial charge in [-0.3, -0.25) is 14.3 Å². The van der Waals surface area contributed by atoms with Gasteiger partial charge in [0.25, 0.3) is 5.56 Å². The minimum atomic E-state index is -0.654. The van der Waals surface area contributed by atoms with Crippen molar-refractivity contribution in [2.24, 2.45) is 0 Å². The van der Waals surface area contributed by atoms with Crippen molar-refractivity contribution in [1.82, 2.24) is 9.55 Å². The molecule has 0 saturated carbocycles. The Balaban J connectivity index is 3.44. The van der Waals surface area contributed by atoms with Crippen LogP contribution in [0.1, 0.15) is 5.56 Å². The summed E-state index contributed by atoms with van der Waals surface area (Å²) in [6, 6.07) is 0. The highest BCUT2D eigenvalue weighted by Gasteiger charge is 2.09. The number of aromatic amines is 1. The predicted molar refractivity (Wildman–Crippen MR) is 55.8 cm³/mol. The zero-order chi connectivity index (χ0) is 10.9. The number of hydrogen-bond donors (Lipinski definition) is 2. The topological polar surface area (TPSA) is 75.1 Å². The fraction of sp³-hybridized carbons (Fsp3) is 0.250. The Morgan fingerprint density at radius 3 is 2.71 bits per heavy atom. The molecule has 14 heavy (non-hydrogen) atoms. The van der Waals surface area contributed by atoms with Crippen LogP contribution < -0.4 is 11.2 Å². The largest absolute Gasteiger partial charge is 0.494 e. The van der Waals surface area contributed by atoms with Gasteiger partial charge in [0, 0.05) is 4.48 Å². The van der Waals surface area contributed by atoms with Gasteiger partial charge in [-0.05, 0) is 6.92 Å². The van der Waals surface area contributed by atoms with E-state index in [1.165, 1.54) is 6.92 Å². The first-order chi connectivity index (χ1) is 6.43. The monoisotopic (exact) mass is 260 g/mol. The van der Waals surface area contributed by atoms with E-state index in [0.717, 1.165) is 4.57 Å². The normalized spacial score (nSPS) is 10.1. The smallest absolute Gasteiger partial charge is 0.331 e. The van der Waals surface area contributed by atoms with Crippen LogP contribution in [0.2, 0.25) is 0 Å². The van der Waals surface area contributed by atoms with Crippen molar-refractivity contribution in [2.45, 2.75) is 13.5 Å². The van der Waals surface area contributed by atoms with Crippen molar-refractivity contribution in [3.05, 3.63) is 37.5 Å². The summed E-state index contributed by atoms with van der Waals surface area (Å²) >= 11 is 3.07. The molecule has 1 heterocycles. The van der Waals surface area contributed by atoms with Crippen molar-refractivity contribution in [3.8, 4) is 5.88 Å². The average Bonchev–Trinajstić information content (AvgIpc) is 2.09. The fourth-order valence-corrected chi connectivity index (χ4v) is 1.23. The highest BCUT2D eigenvalue weighted by atomic mass is 79.9. The van der Waals surface area contributed by atoms with E-state index >= 15 is 0 Å². The van der Waals surface area contributed by atoms with Gasteiger partial charge in [0.1, 0.15) is 0 Å². The molecule has 0 unspecified atom stereocenters. The van der Waals surface area contributed by atoms with Crippen molar-refractivity contribution >= 4 is 15.9 Å². The lowest BCUT2D eigenvalue weighted by atomic mass is 10.3. The SMILES string of the molecule is C=C(Br)Cn1c(O)c(C)c(=O)[nH]c1=O. The molecular formula is C8H9BrN2O3. The van der Waals surface area contributed by atoms with E-state index in [4.69, 9.17) is 0 Å². The summed E-state index contributed by atoms with van der Waals surface area (Å²) in [6.07, 6.45) is 0. The third-order valence-electron chi connectivity index (χ3n) is 1.73. The molecule has 0 fully saturated rings. The lowest BCUT2D eigenvalue weighted by Crippen LogP contribution is -2.31. The van der Waals surface area contributed by atoms with E-state index in [2.05, 4.69) is 27.5 Å². The Labute approximate surface area is 87.8 Å². The van der Waals surface area contributed by atoms with Crippen LogP contribution in [-0.2, 0) is 6.54 Å². The number of aromatic nitrogens is 2. The van der Waals surface area contributed by atoms with Crippen LogP contribution >= 0.6 is 15.9 Å². The molecule has 6 heteroatoms. The number of hydrogen-bond acceptors (Lipinski definition) is 3. The number of nitrogens with zero attached hydrogens (tertiary/aromatic N) is 1. The highest BCUT2D eigenvalue weighted by molar-refractivity contribution is 9.11. The standard InChI is InChI=1S/C8H9BrN2O3/c1-4(9)3-11-7(13)5(2)6(12)10-8(11)14/h13H,1,3H2,2H3,(H,10,12,14). The van der Waals surface area contributed by atoms with E-state index in [1.807, 2.05) is 0 Å². The number of aromatic hydroxyl groups is 1. The Kier molecular flexibility index (Phi) is 2.95. The highest BCUT2D eigenvalue weighted by Crippen LogP contribution is 2.11. The zero-order valence-corrected chi connectivity index (χ0v) is 9.09. The molecule has 0 saturated heterocycles. The number of halogens is 1. The summed E-state index contributed by atoms with van der Waals surface area (Å²) in [4.78, 5) is 24.4. The first-order valence-electron chi connectivity index (χ1n) is 3.79. The van der Waals surface area contributed by atoms with Crippen LogP contribution in [0.25, 0.3) is 0 Å². The van der Waals surface area contributed by atoms with Gasteiger partial charge in [-0.25, -0.2) is 4.79 Å². The Morgan fingerprint density at radius 2 is 2.21 bits per heavy atom. The van der Waals surface area contributed by atoms with E-state index in [0.29, 0.717) is 4.48 Å². The molecule has 0 spiro atoms. The zero-order valence-electron chi connectivity index (χ0n) is 7.50. The predicted octanol–water partition coefficient (Wildman–Crippen LogP) is 0.459. The van der Waals surface area contributed by atoms with Crippen molar-refractivity contribution in [3.63, 3.8) is 0 Å². The Morgan fingerprint density at radius 1 is 1.64 bits per heavy atom. The second-order valence-corrected chi connectivity index (χ2v) is 3.93. The summed E-state index contributed by atoms with van der Waals surface area (Å²) < 4.78 is 1.55. The van der Waals surface area contributed by atoms with Crippen molar-refractivity contribution < 1.29 is 5.11 Å². The minimum absolute atomic E-state index is 0.110. The quantitative estimate of drug-likeness (QED) is 0.812. The third-order valence-corrected chi connectivity index (χ3v) is 1.98. The Hall–Kier alpha value is -1.30. The van der Waals surface area contributed by atoms with Gasteiger partial charge >= 0.3 is 5.69 Å². The van der Waals surface area contributed by atoms with Crippen molar-refractivity contribution in [2.75, 3.05) is 0 Å². The molecule has 0 aliphatic heterocycles. The van der Waals surface area contributed by atoms with Gasteiger partial charge in [0.2, 0.25) is 5.88 Å². The van der Waals surface area contributed by atoms with Gasteiger partial charge in [-0.1, -0.05) is 22.5 Å². The van der Waals surface area contributed by atoms with Crippen LogP contribution in [0, 0.1) is 6.92 Å². The number of allylic oxidation sites excluding steroid dienone is 1. The van der Waals surface area contributed by atoms with Gasteiger partial charge < -0.3 is 5.11 Å².